The number of aliphatic hydroxyl groups is 1. The number of piperidine rings is 1. The molecule has 194 valence electrons. The maximum Gasteiger partial charge on any atom is 0.256 e. The fourth-order valence-corrected chi connectivity index (χ4v) is 5.69. The number of rotatable bonds is 5. The third-order valence-corrected chi connectivity index (χ3v) is 7.54. The van der Waals surface area contributed by atoms with Gasteiger partial charge in [-0.25, -0.2) is 17.9 Å². The number of anilines is 2. The number of nitrogens with zero attached hydrogens (tertiary/aromatic N) is 6. The lowest BCUT2D eigenvalue weighted by molar-refractivity contribution is 0.0607. The zero-order valence-corrected chi connectivity index (χ0v) is 21.7. The van der Waals surface area contributed by atoms with Crippen molar-refractivity contribution in [3.8, 4) is 6.07 Å². The normalized spacial score (nSPS) is 22.3. The maximum atomic E-state index is 13.7. The predicted molar refractivity (Wildman–Crippen MR) is 138 cm³/mol. The van der Waals surface area contributed by atoms with Gasteiger partial charge in [0, 0.05) is 24.7 Å². The minimum absolute atomic E-state index is 0.172. The highest BCUT2D eigenvalue weighted by Gasteiger charge is 2.34. The molecule has 4 heterocycles. The smallest absolute Gasteiger partial charge is 0.256 e. The first kappa shape index (κ1) is 25.3. The molecule has 0 spiro atoms. The molecule has 2 aliphatic rings. The first-order chi connectivity index (χ1) is 17.6. The molecule has 3 aromatic rings. The van der Waals surface area contributed by atoms with Gasteiger partial charge in [0.1, 0.15) is 5.82 Å². The second kappa shape index (κ2) is 9.81. The topological polar surface area (TPSA) is 144 Å². The van der Waals surface area contributed by atoms with Crippen molar-refractivity contribution >= 4 is 44.7 Å². The fourth-order valence-electron chi connectivity index (χ4n) is 4.94. The van der Waals surface area contributed by atoms with E-state index >= 15 is 0 Å². The molecular weight excluding hydrogens is 518 g/mol. The predicted octanol–water partition coefficient (Wildman–Crippen LogP) is 2.44. The number of hydrogen-bond acceptors (Lipinski definition) is 8. The van der Waals surface area contributed by atoms with Crippen LogP contribution in [0.4, 0.5) is 11.5 Å². The zero-order chi connectivity index (χ0) is 26.3. The average molecular weight is 544 g/mol. The van der Waals surface area contributed by atoms with Crippen LogP contribution < -0.4 is 9.62 Å². The van der Waals surface area contributed by atoms with Gasteiger partial charge in [-0.3, -0.25) is 9.52 Å². The van der Waals surface area contributed by atoms with Gasteiger partial charge in [-0.2, -0.15) is 5.26 Å². The number of halogens is 1. The lowest BCUT2D eigenvalue weighted by Crippen LogP contribution is -2.39. The number of sulfonamides is 1. The first-order valence-corrected chi connectivity index (χ1v) is 14.2. The summed E-state index contributed by atoms with van der Waals surface area (Å²) >= 11 is 6.16. The minimum atomic E-state index is -3.60. The van der Waals surface area contributed by atoms with Crippen LogP contribution in [0, 0.1) is 17.2 Å². The number of nitrogens with one attached hydrogen (secondary N) is 1. The molecule has 0 unspecified atom stereocenters. The molecule has 37 heavy (non-hydrogen) atoms. The Hall–Kier alpha value is -3.40. The van der Waals surface area contributed by atoms with Gasteiger partial charge in [-0.05, 0) is 49.6 Å². The number of likely N-dealkylation sites (tertiary alicyclic amines) is 1. The van der Waals surface area contributed by atoms with Gasteiger partial charge in [0.15, 0.2) is 5.65 Å². The van der Waals surface area contributed by atoms with Crippen molar-refractivity contribution in [2.45, 2.75) is 31.4 Å². The molecule has 2 saturated heterocycles. The largest absolute Gasteiger partial charge is 0.390 e. The Morgan fingerprint density at radius 1 is 1.24 bits per heavy atom. The summed E-state index contributed by atoms with van der Waals surface area (Å²) in [5.41, 5.74) is 1.63. The molecule has 0 radical (unpaired) electrons. The quantitative estimate of drug-likeness (QED) is 0.499. The van der Waals surface area contributed by atoms with Gasteiger partial charge < -0.3 is 14.9 Å². The number of nitriles is 1. The summed E-state index contributed by atoms with van der Waals surface area (Å²) in [6.45, 7) is 1.21. The number of benzene rings is 1. The molecule has 2 aliphatic heterocycles. The first-order valence-electron chi connectivity index (χ1n) is 11.9. The van der Waals surface area contributed by atoms with E-state index in [0.29, 0.717) is 48.2 Å². The van der Waals surface area contributed by atoms with E-state index in [1.54, 1.807) is 21.7 Å². The Morgan fingerprint density at radius 3 is 2.78 bits per heavy atom. The lowest BCUT2D eigenvalue weighted by Gasteiger charge is -2.35. The molecule has 0 bridgehead atoms. The second-order valence-corrected chi connectivity index (χ2v) is 11.6. The number of aromatic nitrogens is 3. The number of β-amino-alcohol motifs (C(OH)–C–C–N with tert-alkyl or cyclic N) is 1. The maximum absolute atomic E-state index is 13.7. The van der Waals surface area contributed by atoms with E-state index in [4.69, 9.17) is 16.6 Å². The van der Waals surface area contributed by atoms with Crippen molar-refractivity contribution in [1.82, 2.24) is 19.5 Å². The average Bonchev–Trinajstić information content (AvgIpc) is 3.46. The summed E-state index contributed by atoms with van der Waals surface area (Å²) in [4.78, 5) is 22.0. The molecule has 0 aliphatic carbocycles. The SMILES string of the molecule is CS(=O)(=O)Nc1ccc(Cl)cc1C(=O)N1CCCC[C@@H]1c1cn2nc(N3C[C@@H](C#N)[C@@H](O)C3)ccc2n1. The highest BCUT2D eigenvalue weighted by Crippen LogP contribution is 2.34. The van der Waals surface area contributed by atoms with E-state index in [1.807, 2.05) is 11.0 Å². The van der Waals surface area contributed by atoms with Gasteiger partial charge in [-0.1, -0.05) is 11.6 Å². The molecule has 2 N–H and O–H groups in total. The van der Waals surface area contributed by atoms with Crippen LogP contribution in [0.3, 0.4) is 0 Å². The molecule has 5 rings (SSSR count). The molecule has 0 saturated carbocycles. The molecule has 2 fully saturated rings. The van der Waals surface area contributed by atoms with Gasteiger partial charge in [0.05, 0.1) is 53.5 Å². The van der Waals surface area contributed by atoms with Crippen LogP contribution >= 0.6 is 11.6 Å². The number of imidazole rings is 1. The standard InChI is InChI=1S/C24H26ClN7O4S/c1-37(35,36)29-18-6-5-16(25)10-17(18)24(34)31-9-3-2-4-20(31)19-13-32-22(27-19)7-8-23(28-32)30-12-15(11-26)21(33)14-30/h5-8,10,13,15,20-21,29,33H,2-4,9,12,14H2,1H3/t15-,20-,21+/m1/s1. The number of hydrogen-bond donors (Lipinski definition) is 2. The number of carbonyl (C=O) groups is 1. The monoisotopic (exact) mass is 543 g/mol. The molecule has 1 amide bonds. The van der Waals surface area contributed by atoms with Crippen LogP contribution in [0.25, 0.3) is 5.65 Å². The summed E-state index contributed by atoms with van der Waals surface area (Å²) in [6.07, 6.45) is 4.51. The van der Waals surface area contributed by atoms with E-state index in [0.717, 1.165) is 19.1 Å². The molecule has 3 atom stereocenters. The molecule has 2 aromatic heterocycles. The van der Waals surface area contributed by atoms with Gasteiger partial charge in [0.25, 0.3) is 5.91 Å². The second-order valence-electron chi connectivity index (χ2n) is 9.44. The van der Waals surface area contributed by atoms with Crippen molar-refractivity contribution in [3.63, 3.8) is 0 Å². The van der Waals surface area contributed by atoms with E-state index in [9.17, 15) is 23.6 Å². The van der Waals surface area contributed by atoms with Crippen LogP contribution in [0.1, 0.15) is 41.4 Å². The Labute approximate surface area is 219 Å². The van der Waals surface area contributed by atoms with E-state index in [1.165, 1.54) is 18.2 Å². The summed E-state index contributed by atoms with van der Waals surface area (Å²) in [6, 6.07) is 9.91. The fraction of sp³-hybridized carbons (Fsp3) is 0.417. The van der Waals surface area contributed by atoms with Gasteiger partial charge >= 0.3 is 0 Å². The molecule has 11 nitrogen and oxygen atoms in total. The number of fused-ring (bicyclic) bond motifs is 1. The summed E-state index contributed by atoms with van der Waals surface area (Å²) in [5, 5.41) is 24.3. The highest BCUT2D eigenvalue weighted by molar-refractivity contribution is 7.92. The Balaban J connectivity index is 1.45. The number of amides is 1. The summed E-state index contributed by atoms with van der Waals surface area (Å²) in [7, 11) is -3.60. The van der Waals surface area contributed by atoms with Crippen molar-refractivity contribution in [2.75, 3.05) is 35.5 Å². The molecular formula is C24H26ClN7O4S. The van der Waals surface area contributed by atoms with Crippen LogP contribution in [-0.2, 0) is 10.0 Å². The summed E-state index contributed by atoms with van der Waals surface area (Å²) < 4.78 is 27.8. The third-order valence-electron chi connectivity index (χ3n) is 6.72. The molecule has 1 aromatic carbocycles. The Bertz CT molecular complexity index is 1500. The van der Waals surface area contributed by atoms with Gasteiger partial charge in [-0.15, -0.1) is 5.10 Å². The van der Waals surface area contributed by atoms with Crippen molar-refractivity contribution < 1.29 is 18.3 Å². The lowest BCUT2D eigenvalue weighted by atomic mass is 9.98. The van der Waals surface area contributed by atoms with Crippen LogP contribution in [0.15, 0.2) is 36.5 Å². The Kier molecular flexibility index (Phi) is 6.70. The highest BCUT2D eigenvalue weighted by atomic mass is 35.5. The van der Waals surface area contributed by atoms with Gasteiger partial charge in [0.2, 0.25) is 10.0 Å². The van der Waals surface area contributed by atoms with E-state index in [-0.39, 0.29) is 23.2 Å². The summed E-state index contributed by atoms with van der Waals surface area (Å²) in [5.74, 6) is -0.177. The van der Waals surface area contributed by atoms with Crippen LogP contribution in [0.2, 0.25) is 5.02 Å². The molecule has 13 heteroatoms. The van der Waals surface area contributed by atoms with Crippen molar-refractivity contribution in [2.24, 2.45) is 5.92 Å². The zero-order valence-electron chi connectivity index (χ0n) is 20.1. The van der Waals surface area contributed by atoms with Crippen molar-refractivity contribution in [3.05, 3.63) is 52.8 Å². The van der Waals surface area contributed by atoms with Crippen LogP contribution in [-0.4, -0.2) is 70.9 Å². The number of carbonyl (C=O) groups excluding carboxylic acids is 1. The van der Waals surface area contributed by atoms with Crippen molar-refractivity contribution in [1.29, 1.82) is 5.26 Å². The van der Waals surface area contributed by atoms with E-state index < -0.39 is 22.0 Å². The minimum Gasteiger partial charge on any atom is -0.390 e. The Morgan fingerprint density at radius 2 is 2.05 bits per heavy atom. The third kappa shape index (κ3) is 5.20. The van der Waals surface area contributed by atoms with Crippen LogP contribution in [0.5, 0.6) is 0 Å². The number of aliphatic hydroxyl groups excluding tert-OH is 1. The van der Waals surface area contributed by atoms with E-state index in [2.05, 4.69) is 15.9 Å².